The van der Waals surface area contributed by atoms with Gasteiger partial charge in [-0.25, -0.2) is 0 Å². The molecule has 0 atom stereocenters. The normalized spacial score (nSPS) is 13.7. The van der Waals surface area contributed by atoms with Crippen LogP contribution < -0.4 is 5.32 Å². The van der Waals surface area contributed by atoms with Crippen LogP contribution in [-0.2, 0) is 24.1 Å². The topological polar surface area (TPSA) is 42.2 Å². The van der Waals surface area contributed by atoms with Crippen LogP contribution in [0.15, 0.2) is 52.0 Å². The number of hydrogen-bond donors (Lipinski definition) is 1. The van der Waals surface area contributed by atoms with E-state index in [1.807, 2.05) is 6.07 Å². The number of para-hydroxylation sites is 1. The number of anilines is 1. The average molecular weight is 405 g/mol. The third-order valence-electron chi connectivity index (χ3n) is 4.77. The first-order valence-electron chi connectivity index (χ1n) is 8.99. The third kappa shape index (κ3) is 4.19. The largest absolute Gasteiger partial charge is 0.464 e. The second-order valence-electron chi connectivity index (χ2n) is 6.86. The van der Waals surface area contributed by atoms with E-state index in [9.17, 15) is 18.0 Å². The fraction of sp³-hybridized carbons (Fsp3) is 0.286. The number of fused-ring (bicyclic) bond motifs is 2. The van der Waals surface area contributed by atoms with E-state index in [0.29, 0.717) is 22.3 Å². The molecule has 0 saturated carbocycles. The number of benzene rings is 2. The number of amides is 1. The monoisotopic (exact) mass is 405 g/mol. The predicted molar refractivity (Wildman–Crippen MR) is 104 cm³/mol. The number of carbonyl (C=O) groups excluding carboxylic acids is 1. The summed E-state index contributed by atoms with van der Waals surface area (Å²) < 4.78 is 43.2. The summed E-state index contributed by atoms with van der Waals surface area (Å²) in [5.74, 6) is -1.29. The Balaban J connectivity index is 1.49. The maximum Gasteiger partial charge on any atom is 0.398 e. The fourth-order valence-corrected chi connectivity index (χ4v) is 4.28. The highest BCUT2D eigenvalue weighted by molar-refractivity contribution is 7.99. The molecule has 0 aliphatic heterocycles. The van der Waals surface area contributed by atoms with Crippen LogP contribution in [0.4, 0.5) is 18.9 Å². The van der Waals surface area contributed by atoms with Crippen molar-refractivity contribution in [3.63, 3.8) is 0 Å². The molecule has 7 heteroatoms. The molecule has 0 fully saturated rings. The number of thioether (sulfide) groups is 1. The SMILES string of the molecule is O=C(Cc1coc2cc3c(cc12)CCC3)Nc1ccccc1SCC(F)(F)F. The highest BCUT2D eigenvalue weighted by atomic mass is 32.2. The Morgan fingerprint density at radius 2 is 1.89 bits per heavy atom. The molecule has 0 unspecified atom stereocenters. The number of aryl methyl sites for hydroxylation is 2. The van der Waals surface area contributed by atoms with Crippen molar-refractivity contribution in [2.75, 3.05) is 11.1 Å². The predicted octanol–water partition coefficient (Wildman–Crippen LogP) is 5.76. The van der Waals surface area contributed by atoms with E-state index in [2.05, 4.69) is 11.4 Å². The van der Waals surface area contributed by atoms with Gasteiger partial charge in [0.1, 0.15) is 5.58 Å². The minimum Gasteiger partial charge on any atom is -0.464 e. The zero-order chi connectivity index (χ0) is 19.7. The summed E-state index contributed by atoms with van der Waals surface area (Å²) in [5.41, 5.74) is 4.53. The van der Waals surface area contributed by atoms with Gasteiger partial charge in [-0.3, -0.25) is 4.79 Å². The van der Waals surface area contributed by atoms with E-state index in [1.54, 1.807) is 30.5 Å². The smallest absolute Gasteiger partial charge is 0.398 e. The van der Waals surface area contributed by atoms with Crippen molar-refractivity contribution in [3.8, 4) is 0 Å². The first kappa shape index (κ1) is 18.9. The number of alkyl halides is 3. The first-order valence-corrected chi connectivity index (χ1v) is 9.98. The molecule has 1 amide bonds. The zero-order valence-electron chi connectivity index (χ0n) is 14.9. The third-order valence-corrected chi connectivity index (χ3v) is 5.91. The molecule has 4 rings (SSSR count). The Hall–Kier alpha value is -2.41. The number of carbonyl (C=O) groups is 1. The van der Waals surface area contributed by atoms with Gasteiger partial charge in [0, 0.05) is 15.8 Å². The van der Waals surface area contributed by atoms with Gasteiger partial charge in [0.2, 0.25) is 5.91 Å². The second kappa shape index (κ2) is 7.54. The molecule has 28 heavy (non-hydrogen) atoms. The van der Waals surface area contributed by atoms with Gasteiger partial charge in [-0.15, -0.1) is 11.8 Å². The molecule has 0 radical (unpaired) electrons. The van der Waals surface area contributed by atoms with Crippen LogP contribution in [0.2, 0.25) is 0 Å². The zero-order valence-corrected chi connectivity index (χ0v) is 15.8. The van der Waals surface area contributed by atoms with Gasteiger partial charge in [0.25, 0.3) is 0 Å². The lowest BCUT2D eigenvalue weighted by Crippen LogP contribution is -2.15. The molecule has 0 spiro atoms. The summed E-state index contributed by atoms with van der Waals surface area (Å²) in [7, 11) is 0. The van der Waals surface area contributed by atoms with Crippen molar-refractivity contribution in [1.82, 2.24) is 0 Å². The van der Waals surface area contributed by atoms with Crippen LogP contribution >= 0.6 is 11.8 Å². The summed E-state index contributed by atoms with van der Waals surface area (Å²) in [5, 5.41) is 3.66. The van der Waals surface area contributed by atoms with Gasteiger partial charge in [-0.05, 0) is 54.7 Å². The van der Waals surface area contributed by atoms with Crippen molar-refractivity contribution in [1.29, 1.82) is 0 Å². The van der Waals surface area contributed by atoms with E-state index in [-0.39, 0.29) is 12.3 Å². The summed E-state index contributed by atoms with van der Waals surface area (Å²) >= 11 is 0.662. The molecule has 0 saturated heterocycles. The Labute approximate surface area is 164 Å². The van der Waals surface area contributed by atoms with Crippen molar-refractivity contribution in [2.24, 2.45) is 0 Å². The second-order valence-corrected chi connectivity index (χ2v) is 7.87. The molecule has 3 aromatic rings. The summed E-state index contributed by atoms with van der Waals surface area (Å²) in [6, 6.07) is 10.7. The highest BCUT2D eigenvalue weighted by Crippen LogP contribution is 2.33. The van der Waals surface area contributed by atoms with Crippen LogP contribution in [0.5, 0.6) is 0 Å². The van der Waals surface area contributed by atoms with Crippen LogP contribution in [-0.4, -0.2) is 17.8 Å². The van der Waals surface area contributed by atoms with Crippen molar-refractivity contribution in [3.05, 3.63) is 59.4 Å². The molecular weight excluding hydrogens is 387 g/mol. The number of furan rings is 1. The average Bonchev–Trinajstić information content (AvgIpc) is 3.25. The summed E-state index contributed by atoms with van der Waals surface area (Å²) in [4.78, 5) is 12.9. The van der Waals surface area contributed by atoms with Crippen LogP contribution in [0.1, 0.15) is 23.1 Å². The van der Waals surface area contributed by atoms with Crippen LogP contribution in [0.3, 0.4) is 0 Å². The van der Waals surface area contributed by atoms with E-state index in [4.69, 9.17) is 4.42 Å². The van der Waals surface area contributed by atoms with E-state index >= 15 is 0 Å². The Bertz CT molecular complexity index is 1030. The van der Waals surface area contributed by atoms with Crippen molar-refractivity contribution >= 4 is 34.3 Å². The van der Waals surface area contributed by atoms with Crippen molar-refractivity contribution in [2.45, 2.75) is 36.8 Å². The quantitative estimate of drug-likeness (QED) is 0.549. The standard InChI is InChI=1S/C21H18F3NO2S/c22-21(23,24)12-28-19-7-2-1-6-17(19)25-20(26)10-15-11-27-18-9-14-5-3-4-13(14)8-16(15)18/h1-2,6-9,11H,3-5,10,12H2,(H,25,26). The number of rotatable bonds is 5. The minimum absolute atomic E-state index is 0.101. The molecule has 1 N–H and O–H groups in total. The Morgan fingerprint density at radius 3 is 2.68 bits per heavy atom. The molecule has 146 valence electrons. The van der Waals surface area contributed by atoms with Gasteiger partial charge in [-0.1, -0.05) is 12.1 Å². The van der Waals surface area contributed by atoms with Gasteiger partial charge in [0.15, 0.2) is 0 Å². The number of hydrogen-bond acceptors (Lipinski definition) is 3. The van der Waals surface area contributed by atoms with E-state index in [1.165, 1.54) is 11.1 Å². The molecule has 3 nitrogen and oxygen atoms in total. The molecule has 1 aliphatic rings. The van der Waals surface area contributed by atoms with Gasteiger partial charge < -0.3 is 9.73 Å². The van der Waals surface area contributed by atoms with Gasteiger partial charge in [0.05, 0.1) is 24.1 Å². The van der Waals surface area contributed by atoms with Crippen molar-refractivity contribution < 1.29 is 22.4 Å². The van der Waals surface area contributed by atoms with Gasteiger partial charge in [-0.2, -0.15) is 13.2 Å². The minimum atomic E-state index is -4.27. The van der Waals surface area contributed by atoms with Gasteiger partial charge >= 0.3 is 6.18 Å². The van der Waals surface area contributed by atoms with Crippen LogP contribution in [0, 0.1) is 0 Å². The molecule has 0 bridgehead atoms. The lowest BCUT2D eigenvalue weighted by molar-refractivity contribution is -0.115. The summed E-state index contributed by atoms with van der Waals surface area (Å²) in [6.45, 7) is 0. The lowest BCUT2D eigenvalue weighted by Gasteiger charge is -2.11. The van der Waals surface area contributed by atoms with Crippen LogP contribution in [0.25, 0.3) is 11.0 Å². The summed E-state index contributed by atoms with van der Waals surface area (Å²) in [6.07, 6.45) is 0.635. The molecule has 1 aliphatic carbocycles. The molecule has 1 aromatic heterocycles. The van der Waals surface area contributed by atoms with E-state index in [0.717, 1.165) is 35.8 Å². The van der Waals surface area contributed by atoms with E-state index < -0.39 is 11.9 Å². The molecular formula is C21H18F3NO2S. The maximum atomic E-state index is 12.5. The fourth-order valence-electron chi connectivity index (χ4n) is 3.51. The molecule has 2 aromatic carbocycles. The number of halogens is 3. The Kier molecular flexibility index (Phi) is 5.10. The molecule has 1 heterocycles. The number of nitrogens with one attached hydrogen (secondary N) is 1. The highest BCUT2D eigenvalue weighted by Gasteiger charge is 2.27. The maximum absolute atomic E-state index is 12.5. The lowest BCUT2D eigenvalue weighted by atomic mass is 10.0. The first-order chi connectivity index (χ1) is 13.4. The Morgan fingerprint density at radius 1 is 1.14 bits per heavy atom.